The summed E-state index contributed by atoms with van der Waals surface area (Å²) in [7, 11) is -6.38. The van der Waals surface area contributed by atoms with E-state index in [1.54, 1.807) is 0 Å². The van der Waals surface area contributed by atoms with Gasteiger partial charge in [0.15, 0.2) is 17.8 Å². The third-order valence-electron chi connectivity index (χ3n) is 9.45. The van der Waals surface area contributed by atoms with Crippen LogP contribution in [0.3, 0.4) is 0 Å². The van der Waals surface area contributed by atoms with E-state index >= 15 is 0 Å². The molecule has 0 amide bonds. The van der Waals surface area contributed by atoms with Crippen LogP contribution in [-0.4, -0.2) is 95.2 Å². The Morgan fingerprint density at radius 1 is 0.974 bits per heavy atom. The van der Waals surface area contributed by atoms with Crippen molar-refractivity contribution >= 4 is 28.0 Å². The summed E-state index contributed by atoms with van der Waals surface area (Å²) in [5, 5.41) is 35.1. The fourth-order valence-electron chi connectivity index (χ4n) is 8.53. The lowest BCUT2D eigenvalue weighted by atomic mass is 9.51. The maximum atomic E-state index is 13.6. The molecule has 17 heteroatoms. The number of hydrogen-bond acceptors (Lipinski definition) is 13. The minimum atomic E-state index is -6.38. The number of alkyl halides is 3. The van der Waals surface area contributed by atoms with Crippen molar-refractivity contribution in [2.24, 2.45) is 28.1 Å². The van der Waals surface area contributed by atoms with E-state index in [4.69, 9.17) is 23.1 Å². The van der Waals surface area contributed by atoms with E-state index in [0.717, 1.165) is 6.92 Å². The van der Waals surface area contributed by atoms with Crippen LogP contribution in [0, 0.1) is 28.1 Å². The molecule has 6 fully saturated rings. The molecule has 6 rings (SSSR count). The van der Waals surface area contributed by atoms with Gasteiger partial charge in [-0.1, -0.05) is 20.8 Å². The Kier molecular flexibility index (Phi) is 4.57. The SMILES string of the molecule is CC1C(=O)OC2C(O)C34C5OC(=O)C3(OC3OC(=O)[C@H](O)C34C(C(C)(C)C)[C@H]5OS(=O)(=O)C(F)(F)F)C12O. The first-order valence-corrected chi connectivity index (χ1v) is 13.0. The van der Waals surface area contributed by atoms with Gasteiger partial charge in [0.25, 0.3) is 0 Å². The van der Waals surface area contributed by atoms with Crippen LogP contribution >= 0.6 is 0 Å². The number of ether oxygens (including phenoxy) is 4. The Balaban J connectivity index is 1.71. The molecule has 4 saturated heterocycles. The van der Waals surface area contributed by atoms with E-state index in [0.29, 0.717) is 0 Å². The van der Waals surface area contributed by atoms with Gasteiger partial charge in [-0.25, -0.2) is 9.59 Å². The van der Waals surface area contributed by atoms with E-state index in [2.05, 4.69) is 0 Å². The van der Waals surface area contributed by atoms with Crippen LogP contribution in [0.25, 0.3) is 0 Å². The van der Waals surface area contributed by atoms with Gasteiger partial charge in [-0.15, -0.1) is 0 Å². The second-order valence-corrected chi connectivity index (χ2v) is 13.3. The Hall–Kier alpha value is -2.05. The van der Waals surface area contributed by atoms with Gasteiger partial charge in [0.2, 0.25) is 11.9 Å². The topological polar surface area (TPSA) is 192 Å². The summed E-state index contributed by atoms with van der Waals surface area (Å²) in [6, 6.07) is 0. The molecule has 0 aromatic heterocycles. The molecule has 2 saturated carbocycles. The van der Waals surface area contributed by atoms with Crippen molar-refractivity contribution in [3.63, 3.8) is 0 Å². The summed E-state index contributed by atoms with van der Waals surface area (Å²) < 4.78 is 91.4. The first-order chi connectivity index (χ1) is 17.2. The molecule has 3 N–H and O–H groups in total. The van der Waals surface area contributed by atoms with Crippen molar-refractivity contribution in [2.75, 3.05) is 0 Å². The monoisotopic (exact) mass is 572 g/mol. The highest BCUT2D eigenvalue weighted by molar-refractivity contribution is 7.87. The Morgan fingerprint density at radius 3 is 2.13 bits per heavy atom. The van der Waals surface area contributed by atoms with Gasteiger partial charge in [0, 0.05) is 5.92 Å². The van der Waals surface area contributed by atoms with Gasteiger partial charge in [0.1, 0.15) is 18.3 Å². The third kappa shape index (κ3) is 2.18. The Labute approximate surface area is 212 Å². The first kappa shape index (κ1) is 26.2. The minimum absolute atomic E-state index is 1.05. The van der Waals surface area contributed by atoms with Crippen molar-refractivity contribution in [1.29, 1.82) is 0 Å². The molecular weight excluding hydrogens is 549 g/mol. The molecule has 6 aliphatic rings. The van der Waals surface area contributed by atoms with Gasteiger partial charge >= 0.3 is 33.5 Å². The number of fused-ring (bicyclic) bond motifs is 1. The molecule has 2 spiro atoms. The molecule has 10 unspecified atom stereocenters. The van der Waals surface area contributed by atoms with Gasteiger partial charge in [-0.05, 0) is 12.3 Å². The number of esters is 3. The quantitative estimate of drug-likeness (QED) is 0.150. The second-order valence-electron chi connectivity index (χ2n) is 11.8. The number of carbonyl (C=O) groups excluding carboxylic acids is 3. The first-order valence-electron chi connectivity index (χ1n) is 11.6. The number of hydrogen-bond donors (Lipinski definition) is 3. The molecule has 0 aromatic carbocycles. The molecule has 212 valence electrons. The molecule has 4 heterocycles. The van der Waals surface area contributed by atoms with Gasteiger partial charge in [-0.2, -0.15) is 21.6 Å². The predicted octanol–water partition coefficient (Wildman–Crippen LogP) is -1.52. The molecule has 12 atom stereocenters. The van der Waals surface area contributed by atoms with Crippen molar-refractivity contribution in [3.05, 3.63) is 0 Å². The summed E-state index contributed by atoms with van der Waals surface area (Å²) >= 11 is 0. The Morgan fingerprint density at radius 2 is 1.58 bits per heavy atom. The molecular formula is C21H23F3O13S. The van der Waals surface area contributed by atoms with Crippen LogP contribution in [0.4, 0.5) is 13.2 Å². The smallest absolute Gasteiger partial charge is 0.456 e. The zero-order chi connectivity index (χ0) is 28.4. The average molecular weight is 572 g/mol. The number of aliphatic hydroxyl groups is 3. The van der Waals surface area contributed by atoms with Crippen LogP contribution in [0.2, 0.25) is 0 Å². The van der Waals surface area contributed by atoms with Crippen molar-refractivity contribution < 1.29 is 74.4 Å². The standard InChI is InChI=1S/C21H23F3O13S/c1-5-12(27)33-11-8(25)18-10-6(37-38(31,32)21(22,23)24)7(16(2,3)4)17(18)9(26)13(28)35-15(17)36-20(18,14(29)34-10)19(5,11)30/h5-11,15,25-26,30H,1-4H3/t5?,6-,7?,8?,9+,10?,11?,15?,17?,18?,19?,20?/m1/s1. The van der Waals surface area contributed by atoms with E-state index in [1.165, 1.54) is 20.8 Å². The summed E-state index contributed by atoms with van der Waals surface area (Å²) in [6.07, 6.45) is -12.9. The van der Waals surface area contributed by atoms with Crippen molar-refractivity contribution in [1.82, 2.24) is 0 Å². The van der Waals surface area contributed by atoms with E-state index < -0.39 is 110 Å². The van der Waals surface area contributed by atoms with Crippen LogP contribution in [0.15, 0.2) is 0 Å². The molecule has 4 aliphatic heterocycles. The van der Waals surface area contributed by atoms with Crippen LogP contribution in [0.1, 0.15) is 27.7 Å². The van der Waals surface area contributed by atoms with Crippen LogP contribution in [0.5, 0.6) is 0 Å². The van der Waals surface area contributed by atoms with Gasteiger partial charge < -0.3 is 34.3 Å². The van der Waals surface area contributed by atoms with Crippen LogP contribution in [-0.2, 0) is 47.6 Å². The molecule has 13 nitrogen and oxygen atoms in total. The fourth-order valence-corrected chi connectivity index (χ4v) is 9.14. The summed E-state index contributed by atoms with van der Waals surface area (Å²) in [5.74, 6) is -7.11. The molecule has 2 aliphatic carbocycles. The highest BCUT2D eigenvalue weighted by Crippen LogP contribution is 2.84. The molecule has 38 heavy (non-hydrogen) atoms. The van der Waals surface area contributed by atoms with Crippen LogP contribution < -0.4 is 0 Å². The molecule has 0 radical (unpaired) electrons. The molecule has 0 aromatic rings. The number of aliphatic hydroxyl groups excluding tert-OH is 2. The summed E-state index contributed by atoms with van der Waals surface area (Å²) in [6.45, 7) is 5.42. The maximum Gasteiger partial charge on any atom is 0.523 e. The summed E-state index contributed by atoms with van der Waals surface area (Å²) in [5.41, 5.74) is -17.8. The minimum Gasteiger partial charge on any atom is -0.456 e. The van der Waals surface area contributed by atoms with Crippen molar-refractivity contribution in [3.8, 4) is 0 Å². The summed E-state index contributed by atoms with van der Waals surface area (Å²) in [4.78, 5) is 38.9. The highest BCUT2D eigenvalue weighted by Gasteiger charge is 3.05. The average Bonchev–Trinajstić information content (AvgIpc) is 3.46. The fraction of sp³-hybridized carbons (Fsp3) is 0.857. The second kappa shape index (κ2) is 6.63. The largest absolute Gasteiger partial charge is 0.523 e. The third-order valence-corrected chi connectivity index (χ3v) is 10.5. The predicted molar refractivity (Wildman–Crippen MR) is 107 cm³/mol. The number of carbonyl (C=O) groups is 3. The van der Waals surface area contributed by atoms with Gasteiger partial charge in [-0.3, -0.25) is 8.98 Å². The maximum absolute atomic E-state index is 13.6. The highest BCUT2D eigenvalue weighted by atomic mass is 32.2. The molecule has 0 bridgehead atoms. The van der Waals surface area contributed by atoms with E-state index in [1.807, 2.05) is 0 Å². The lowest BCUT2D eigenvalue weighted by Crippen LogP contribution is -2.67. The Bertz CT molecular complexity index is 1290. The van der Waals surface area contributed by atoms with E-state index in [-0.39, 0.29) is 0 Å². The number of rotatable bonds is 2. The number of halogens is 3. The normalized spacial score (nSPS) is 52.8. The van der Waals surface area contributed by atoms with Gasteiger partial charge in [0.05, 0.1) is 16.7 Å². The zero-order valence-electron chi connectivity index (χ0n) is 20.1. The lowest BCUT2D eigenvalue weighted by molar-refractivity contribution is -0.240. The lowest BCUT2D eigenvalue weighted by Gasteiger charge is -2.47. The van der Waals surface area contributed by atoms with E-state index in [9.17, 15) is 51.3 Å². The zero-order valence-corrected chi connectivity index (χ0v) is 20.9. The van der Waals surface area contributed by atoms with Crippen molar-refractivity contribution in [2.45, 2.75) is 81.2 Å².